The minimum atomic E-state index is 0. The Morgan fingerprint density at radius 3 is 2.79 bits per heavy atom. The highest BCUT2D eigenvalue weighted by Crippen LogP contribution is 2.34. The van der Waals surface area contributed by atoms with Gasteiger partial charge in [0.1, 0.15) is 5.75 Å². The fourth-order valence-corrected chi connectivity index (χ4v) is 1.59. The van der Waals surface area contributed by atoms with Crippen LogP contribution in [0, 0.1) is 0 Å². The van der Waals surface area contributed by atoms with Crippen molar-refractivity contribution in [2.45, 2.75) is 0 Å². The highest BCUT2D eigenvalue weighted by Gasteiger charge is 2.15. The van der Waals surface area contributed by atoms with Crippen LogP contribution in [0.5, 0.6) is 5.75 Å². The highest BCUT2D eigenvalue weighted by atomic mass is 35.5. The first-order valence-corrected chi connectivity index (χ1v) is 4.38. The van der Waals surface area contributed by atoms with Gasteiger partial charge in [0.15, 0.2) is 0 Å². The molecule has 0 radical (unpaired) electrons. The van der Waals surface area contributed by atoms with E-state index in [4.69, 9.17) is 4.74 Å². The SMILES string of the molecule is CNCC1=Cc2ccc(OC)cc21.Cl. The van der Waals surface area contributed by atoms with E-state index in [2.05, 4.69) is 23.5 Å². The first kappa shape index (κ1) is 11.1. The molecule has 0 spiro atoms. The molecule has 0 aliphatic heterocycles. The van der Waals surface area contributed by atoms with Crippen molar-refractivity contribution in [3.05, 3.63) is 29.3 Å². The zero-order chi connectivity index (χ0) is 9.26. The molecule has 14 heavy (non-hydrogen) atoms. The van der Waals surface area contributed by atoms with Crippen molar-refractivity contribution in [3.8, 4) is 5.75 Å². The van der Waals surface area contributed by atoms with Crippen LogP contribution in [0.2, 0.25) is 0 Å². The predicted octanol–water partition coefficient (Wildman–Crippen LogP) is 2.19. The molecule has 2 rings (SSSR count). The van der Waals surface area contributed by atoms with Crippen molar-refractivity contribution in [2.24, 2.45) is 0 Å². The van der Waals surface area contributed by atoms with Crippen LogP contribution in [0.1, 0.15) is 11.1 Å². The number of hydrogen-bond donors (Lipinski definition) is 1. The van der Waals surface area contributed by atoms with E-state index >= 15 is 0 Å². The zero-order valence-electron chi connectivity index (χ0n) is 8.33. The number of nitrogens with one attached hydrogen (secondary N) is 1. The molecule has 0 aromatic heterocycles. The molecule has 1 aliphatic rings. The number of halogens is 1. The van der Waals surface area contributed by atoms with Gasteiger partial charge in [-0.15, -0.1) is 12.4 Å². The molecule has 0 heterocycles. The Hall–Kier alpha value is -0.990. The third-order valence-corrected chi connectivity index (χ3v) is 2.30. The van der Waals surface area contributed by atoms with Crippen molar-refractivity contribution < 1.29 is 4.74 Å². The summed E-state index contributed by atoms with van der Waals surface area (Å²) >= 11 is 0. The molecule has 0 unspecified atom stereocenters. The van der Waals surface area contributed by atoms with Crippen LogP contribution < -0.4 is 10.1 Å². The van der Waals surface area contributed by atoms with E-state index < -0.39 is 0 Å². The lowest BCUT2D eigenvalue weighted by Gasteiger charge is -2.20. The first-order chi connectivity index (χ1) is 6.35. The van der Waals surface area contributed by atoms with Crippen LogP contribution in [0.15, 0.2) is 18.2 Å². The average Bonchev–Trinajstić information content (AvgIpc) is 2.14. The molecule has 1 aromatic carbocycles. The summed E-state index contributed by atoms with van der Waals surface area (Å²) in [5.74, 6) is 0.931. The maximum atomic E-state index is 5.16. The van der Waals surface area contributed by atoms with Crippen molar-refractivity contribution in [2.75, 3.05) is 20.7 Å². The second kappa shape index (κ2) is 4.49. The van der Waals surface area contributed by atoms with E-state index in [9.17, 15) is 0 Å². The second-order valence-electron chi connectivity index (χ2n) is 3.15. The summed E-state index contributed by atoms with van der Waals surface area (Å²) < 4.78 is 5.16. The van der Waals surface area contributed by atoms with Crippen LogP contribution >= 0.6 is 12.4 Å². The molecule has 3 heteroatoms. The number of hydrogen-bond acceptors (Lipinski definition) is 2. The Bertz CT molecular complexity index is 360. The van der Waals surface area contributed by atoms with Crippen LogP contribution in [-0.2, 0) is 0 Å². The van der Waals surface area contributed by atoms with Gasteiger partial charge in [-0.2, -0.15) is 0 Å². The van der Waals surface area contributed by atoms with Gasteiger partial charge in [-0.3, -0.25) is 0 Å². The molecule has 1 N–H and O–H groups in total. The van der Waals surface area contributed by atoms with E-state index in [-0.39, 0.29) is 12.4 Å². The third kappa shape index (κ3) is 1.76. The maximum absolute atomic E-state index is 5.16. The fourth-order valence-electron chi connectivity index (χ4n) is 1.59. The van der Waals surface area contributed by atoms with E-state index in [1.54, 1.807) is 7.11 Å². The normalized spacial score (nSPS) is 12.0. The number of benzene rings is 1. The van der Waals surface area contributed by atoms with Crippen LogP contribution in [0.25, 0.3) is 11.6 Å². The Labute approximate surface area is 90.4 Å². The standard InChI is InChI=1S/C11H13NO.ClH/c1-12-7-9-5-8-3-4-10(13-2)6-11(8)9;/h3-6,12H,7H2,1-2H3;1H. The number of methoxy groups -OCH3 is 1. The molecule has 0 bridgehead atoms. The van der Waals surface area contributed by atoms with Gasteiger partial charge >= 0.3 is 0 Å². The summed E-state index contributed by atoms with van der Waals surface area (Å²) in [6.07, 6.45) is 2.20. The lowest BCUT2D eigenvalue weighted by atomic mass is 9.88. The van der Waals surface area contributed by atoms with Gasteiger partial charge in [-0.1, -0.05) is 6.07 Å². The fraction of sp³-hybridized carbons (Fsp3) is 0.273. The van der Waals surface area contributed by atoms with Crippen LogP contribution in [0.3, 0.4) is 0 Å². The summed E-state index contributed by atoms with van der Waals surface area (Å²) in [4.78, 5) is 0. The predicted molar refractivity (Wildman–Crippen MR) is 62.0 cm³/mol. The maximum Gasteiger partial charge on any atom is 0.119 e. The number of likely N-dealkylation sites (N-methyl/N-ethyl adjacent to an activating group) is 1. The second-order valence-corrected chi connectivity index (χ2v) is 3.15. The molecular weight excluding hydrogens is 198 g/mol. The van der Waals surface area contributed by atoms with E-state index in [1.165, 1.54) is 16.7 Å². The number of rotatable bonds is 3. The van der Waals surface area contributed by atoms with Gasteiger partial charge < -0.3 is 10.1 Å². The van der Waals surface area contributed by atoms with Gasteiger partial charge in [-0.25, -0.2) is 0 Å². The van der Waals surface area contributed by atoms with Gasteiger partial charge in [0, 0.05) is 6.54 Å². The zero-order valence-corrected chi connectivity index (χ0v) is 9.15. The number of ether oxygens (including phenoxy) is 1. The van der Waals surface area contributed by atoms with Crippen molar-refractivity contribution in [3.63, 3.8) is 0 Å². The van der Waals surface area contributed by atoms with Gasteiger partial charge in [0.2, 0.25) is 0 Å². The summed E-state index contributed by atoms with van der Waals surface area (Å²) in [5.41, 5.74) is 3.98. The molecule has 0 fully saturated rings. The summed E-state index contributed by atoms with van der Waals surface area (Å²) in [7, 11) is 3.65. The van der Waals surface area contributed by atoms with Gasteiger partial charge in [-0.05, 0) is 42.0 Å². The van der Waals surface area contributed by atoms with Gasteiger partial charge in [0.05, 0.1) is 7.11 Å². The monoisotopic (exact) mass is 211 g/mol. The molecule has 76 valence electrons. The molecule has 0 amide bonds. The Balaban J connectivity index is 0.000000980. The van der Waals surface area contributed by atoms with Crippen molar-refractivity contribution in [1.29, 1.82) is 0 Å². The van der Waals surface area contributed by atoms with Gasteiger partial charge in [0.25, 0.3) is 0 Å². The topological polar surface area (TPSA) is 21.3 Å². The third-order valence-electron chi connectivity index (χ3n) is 2.30. The lowest BCUT2D eigenvalue weighted by Crippen LogP contribution is -2.14. The number of fused-ring (bicyclic) bond motifs is 1. The minimum absolute atomic E-state index is 0. The van der Waals surface area contributed by atoms with Crippen LogP contribution in [-0.4, -0.2) is 20.7 Å². The van der Waals surface area contributed by atoms with E-state index in [1.807, 2.05) is 13.1 Å². The summed E-state index contributed by atoms with van der Waals surface area (Å²) in [6.45, 7) is 0.931. The molecule has 0 saturated heterocycles. The highest BCUT2D eigenvalue weighted by molar-refractivity contribution is 5.96. The van der Waals surface area contributed by atoms with E-state index in [0.29, 0.717) is 0 Å². The Morgan fingerprint density at radius 2 is 2.14 bits per heavy atom. The molecule has 2 nitrogen and oxygen atoms in total. The average molecular weight is 212 g/mol. The summed E-state index contributed by atoms with van der Waals surface area (Å²) in [5, 5.41) is 3.14. The largest absolute Gasteiger partial charge is 0.497 e. The van der Waals surface area contributed by atoms with Crippen molar-refractivity contribution in [1.82, 2.24) is 5.32 Å². The minimum Gasteiger partial charge on any atom is -0.497 e. The summed E-state index contributed by atoms with van der Waals surface area (Å²) in [6, 6.07) is 6.17. The molecular formula is C11H14ClNO. The lowest BCUT2D eigenvalue weighted by molar-refractivity contribution is 0.414. The Kier molecular flexibility index (Phi) is 3.55. The molecule has 1 aliphatic carbocycles. The molecule has 1 aromatic rings. The molecule has 0 saturated carbocycles. The van der Waals surface area contributed by atoms with E-state index in [0.717, 1.165) is 12.3 Å². The Morgan fingerprint density at radius 1 is 1.36 bits per heavy atom. The van der Waals surface area contributed by atoms with Crippen LogP contribution in [0.4, 0.5) is 0 Å². The van der Waals surface area contributed by atoms with Crippen molar-refractivity contribution >= 4 is 24.1 Å². The first-order valence-electron chi connectivity index (χ1n) is 4.38. The quantitative estimate of drug-likeness (QED) is 0.828. The smallest absolute Gasteiger partial charge is 0.119 e. The molecule has 0 atom stereocenters.